The number of nitrogens with zero attached hydrogens (tertiary/aromatic N) is 1. The van der Waals surface area contributed by atoms with Gasteiger partial charge in [-0.15, -0.1) is 10.1 Å². The smallest absolute Gasteiger partial charge is 0.311 e. The van der Waals surface area contributed by atoms with Gasteiger partial charge in [0.15, 0.2) is 0 Å². The lowest BCUT2D eigenvalue weighted by Gasteiger charge is -2.07. The summed E-state index contributed by atoms with van der Waals surface area (Å²) < 4.78 is 5.05. The van der Waals surface area contributed by atoms with Gasteiger partial charge in [-0.1, -0.05) is 12.7 Å². The minimum atomic E-state index is -0.916. The molecule has 102 valence electrons. The Morgan fingerprint density at radius 3 is 2.89 bits per heavy atom. The van der Waals surface area contributed by atoms with E-state index in [2.05, 4.69) is 11.4 Å². The minimum Gasteiger partial charge on any atom is -0.508 e. The van der Waals surface area contributed by atoms with E-state index < -0.39 is 11.1 Å². The first-order valence-electron chi connectivity index (χ1n) is 5.46. The molecule has 0 saturated heterocycles. The molecular formula is C12H13NO6. The van der Waals surface area contributed by atoms with Gasteiger partial charge >= 0.3 is 5.97 Å². The number of ether oxygens (including phenoxy) is 1. The van der Waals surface area contributed by atoms with Crippen LogP contribution in [0.25, 0.3) is 6.08 Å². The molecule has 1 aromatic rings. The van der Waals surface area contributed by atoms with Gasteiger partial charge in [0.1, 0.15) is 11.5 Å². The van der Waals surface area contributed by atoms with Crippen LogP contribution >= 0.6 is 0 Å². The van der Waals surface area contributed by atoms with E-state index in [9.17, 15) is 20.0 Å². The van der Waals surface area contributed by atoms with Gasteiger partial charge in [-0.25, -0.2) is 0 Å². The van der Waals surface area contributed by atoms with Crippen molar-refractivity contribution >= 4 is 12.0 Å². The molecule has 0 unspecified atom stereocenters. The van der Waals surface area contributed by atoms with Gasteiger partial charge in [0.2, 0.25) is 0 Å². The van der Waals surface area contributed by atoms with Crippen molar-refractivity contribution in [3.05, 3.63) is 40.5 Å². The molecule has 1 aromatic carbocycles. The van der Waals surface area contributed by atoms with Gasteiger partial charge in [-0.05, 0) is 24.6 Å². The first-order chi connectivity index (χ1) is 9.02. The number of esters is 1. The lowest BCUT2D eigenvalue weighted by molar-refractivity contribution is -0.757. The third kappa shape index (κ3) is 5.07. The summed E-state index contributed by atoms with van der Waals surface area (Å²) in [5.74, 6) is -0.234. The van der Waals surface area contributed by atoms with Crippen molar-refractivity contribution in [3.63, 3.8) is 0 Å². The Balaban J connectivity index is 2.48. The van der Waals surface area contributed by atoms with E-state index in [0.717, 1.165) is 0 Å². The molecule has 0 saturated carbocycles. The fraction of sp³-hybridized carbons (Fsp3) is 0.250. The average molecular weight is 267 g/mol. The molecule has 0 aliphatic heterocycles. The Labute approximate surface area is 109 Å². The molecule has 1 N–H and O–H groups in total. The van der Waals surface area contributed by atoms with Crippen molar-refractivity contribution in [3.8, 4) is 11.5 Å². The lowest BCUT2D eigenvalue weighted by atomic mass is 10.2. The summed E-state index contributed by atoms with van der Waals surface area (Å²) in [5, 5.41) is 18.2. The van der Waals surface area contributed by atoms with E-state index in [-0.39, 0.29) is 30.9 Å². The quantitative estimate of drug-likeness (QED) is 0.266. The Kier molecular flexibility index (Phi) is 5.34. The number of hydrogen-bond acceptors (Lipinski definition) is 6. The molecule has 0 bridgehead atoms. The van der Waals surface area contributed by atoms with Crippen LogP contribution in [0.15, 0.2) is 24.8 Å². The highest BCUT2D eigenvalue weighted by Gasteiger charge is 2.09. The van der Waals surface area contributed by atoms with E-state index >= 15 is 0 Å². The van der Waals surface area contributed by atoms with E-state index in [1.54, 1.807) is 0 Å². The molecule has 19 heavy (non-hydrogen) atoms. The molecular weight excluding hydrogens is 254 g/mol. The largest absolute Gasteiger partial charge is 0.508 e. The number of rotatable bonds is 7. The van der Waals surface area contributed by atoms with Gasteiger partial charge in [0, 0.05) is 12.0 Å². The Morgan fingerprint density at radius 1 is 1.53 bits per heavy atom. The summed E-state index contributed by atoms with van der Waals surface area (Å²) in [6.07, 6.45) is 1.62. The summed E-state index contributed by atoms with van der Waals surface area (Å²) in [6.45, 7) is 3.38. The second-order valence-corrected chi connectivity index (χ2v) is 3.56. The summed E-state index contributed by atoms with van der Waals surface area (Å²) in [4.78, 5) is 25.4. The van der Waals surface area contributed by atoms with Crippen LogP contribution in [0.1, 0.15) is 18.4 Å². The predicted molar refractivity (Wildman–Crippen MR) is 66.0 cm³/mol. The summed E-state index contributed by atoms with van der Waals surface area (Å²) in [5.41, 5.74) is 0.481. The van der Waals surface area contributed by atoms with Gasteiger partial charge in [0.05, 0.1) is 6.61 Å². The van der Waals surface area contributed by atoms with Gasteiger partial charge in [0.25, 0.3) is 5.09 Å². The van der Waals surface area contributed by atoms with Crippen molar-refractivity contribution in [2.75, 3.05) is 6.61 Å². The van der Waals surface area contributed by atoms with Gasteiger partial charge in [-0.2, -0.15) is 0 Å². The van der Waals surface area contributed by atoms with Crippen molar-refractivity contribution < 1.29 is 24.6 Å². The molecule has 0 heterocycles. The Bertz CT molecular complexity index is 485. The summed E-state index contributed by atoms with van der Waals surface area (Å²) >= 11 is 0. The molecule has 7 nitrogen and oxygen atoms in total. The van der Waals surface area contributed by atoms with Crippen molar-refractivity contribution in [1.82, 2.24) is 0 Å². The molecule has 7 heteroatoms. The van der Waals surface area contributed by atoms with Crippen LogP contribution in [0.3, 0.4) is 0 Å². The van der Waals surface area contributed by atoms with Crippen LogP contribution < -0.4 is 4.74 Å². The highest BCUT2D eigenvalue weighted by molar-refractivity contribution is 5.74. The first-order valence-corrected chi connectivity index (χ1v) is 5.46. The highest BCUT2D eigenvalue weighted by atomic mass is 16.9. The third-order valence-corrected chi connectivity index (χ3v) is 2.16. The SMILES string of the molecule is C=Cc1cc(O)ccc1OC(=O)CCCO[N+](=O)[O-]. The number of phenols is 1. The van der Waals surface area contributed by atoms with E-state index in [1.807, 2.05) is 0 Å². The molecule has 0 aromatic heterocycles. The zero-order valence-corrected chi connectivity index (χ0v) is 10.1. The maximum atomic E-state index is 11.5. The van der Waals surface area contributed by atoms with Crippen LogP contribution in [0.2, 0.25) is 0 Å². The molecule has 0 spiro atoms. The van der Waals surface area contributed by atoms with E-state index in [1.165, 1.54) is 24.3 Å². The molecule has 0 aliphatic carbocycles. The zero-order chi connectivity index (χ0) is 14.3. The standard InChI is InChI=1S/C12H13NO6/c1-2-9-8-10(14)5-6-11(9)19-12(15)4-3-7-18-13(16)17/h2,5-6,8,14H,1,3-4,7H2. The monoisotopic (exact) mass is 267 g/mol. The number of benzene rings is 1. The second kappa shape index (κ2) is 7.00. The van der Waals surface area contributed by atoms with Crippen LogP contribution in [0.4, 0.5) is 0 Å². The van der Waals surface area contributed by atoms with Crippen LogP contribution in [0, 0.1) is 10.1 Å². The van der Waals surface area contributed by atoms with Gasteiger partial charge < -0.3 is 14.7 Å². The number of carbonyl (C=O) groups is 1. The topological polar surface area (TPSA) is 98.9 Å². The van der Waals surface area contributed by atoms with E-state index in [4.69, 9.17) is 4.74 Å². The lowest BCUT2D eigenvalue weighted by Crippen LogP contribution is -2.11. The second-order valence-electron chi connectivity index (χ2n) is 3.56. The molecule has 0 atom stereocenters. The summed E-state index contributed by atoms with van der Waals surface area (Å²) in [6, 6.07) is 4.23. The van der Waals surface area contributed by atoms with Crippen LogP contribution in [-0.2, 0) is 9.63 Å². The number of carbonyl (C=O) groups excluding carboxylic acids is 1. The van der Waals surface area contributed by atoms with Crippen LogP contribution in [0.5, 0.6) is 11.5 Å². The number of aromatic hydroxyl groups is 1. The normalized spacial score (nSPS) is 9.68. The molecule has 0 radical (unpaired) electrons. The molecule has 1 rings (SSSR count). The fourth-order valence-electron chi connectivity index (χ4n) is 1.32. The molecule has 0 aliphatic rings. The number of hydrogen-bond donors (Lipinski definition) is 1. The average Bonchev–Trinajstić information content (AvgIpc) is 2.36. The third-order valence-electron chi connectivity index (χ3n) is 2.16. The summed E-state index contributed by atoms with van der Waals surface area (Å²) in [7, 11) is 0. The first kappa shape index (κ1) is 14.5. The Morgan fingerprint density at radius 2 is 2.26 bits per heavy atom. The number of phenolic OH excluding ortho intramolecular Hbond substituents is 1. The maximum Gasteiger partial charge on any atom is 0.311 e. The maximum absolute atomic E-state index is 11.5. The van der Waals surface area contributed by atoms with Crippen molar-refractivity contribution in [2.45, 2.75) is 12.8 Å². The fourth-order valence-corrected chi connectivity index (χ4v) is 1.32. The zero-order valence-electron chi connectivity index (χ0n) is 10.1. The predicted octanol–water partition coefficient (Wildman–Crippen LogP) is 1.93. The minimum absolute atomic E-state index is 0.00863. The van der Waals surface area contributed by atoms with Crippen LogP contribution in [-0.4, -0.2) is 22.8 Å². The van der Waals surface area contributed by atoms with Gasteiger partial charge in [-0.3, -0.25) is 4.79 Å². The van der Waals surface area contributed by atoms with E-state index in [0.29, 0.717) is 5.56 Å². The Hall–Kier alpha value is -2.57. The van der Waals surface area contributed by atoms with Crippen molar-refractivity contribution in [2.24, 2.45) is 0 Å². The molecule has 0 fully saturated rings. The van der Waals surface area contributed by atoms with Crippen molar-refractivity contribution in [1.29, 1.82) is 0 Å². The molecule has 0 amide bonds. The highest BCUT2D eigenvalue weighted by Crippen LogP contribution is 2.24.